The van der Waals surface area contributed by atoms with Crippen molar-refractivity contribution in [3.05, 3.63) is 45.8 Å². The Labute approximate surface area is 122 Å². The molecule has 0 fully saturated rings. The fourth-order valence-corrected chi connectivity index (χ4v) is 1.96. The average molecular weight is 290 g/mol. The number of non-ortho nitro benzene ring substituents is 1. The van der Waals surface area contributed by atoms with Crippen LogP contribution < -0.4 is 10.1 Å². The van der Waals surface area contributed by atoms with Crippen LogP contribution in [0.15, 0.2) is 24.4 Å². The summed E-state index contributed by atoms with van der Waals surface area (Å²) in [7, 11) is 1.87. The van der Waals surface area contributed by atoms with Gasteiger partial charge < -0.3 is 10.1 Å². The number of anilines is 1. The number of nitrogens with zero attached hydrogens (tertiary/aromatic N) is 3. The molecule has 112 valence electrons. The van der Waals surface area contributed by atoms with Crippen LogP contribution in [0.4, 0.5) is 11.4 Å². The molecule has 0 spiro atoms. The van der Waals surface area contributed by atoms with Crippen molar-refractivity contribution in [3.63, 3.8) is 0 Å². The lowest BCUT2D eigenvalue weighted by atomic mass is 10.2. The van der Waals surface area contributed by atoms with Gasteiger partial charge in [-0.2, -0.15) is 5.10 Å². The van der Waals surface area contributed by atoms with E-state index in [1.54, 1.807) is 16.9 Å². The second-order valence-electron chi connectivity index (χ2n) is 4.64. The molecular weight excluding hydrogens is 272 g/mol. The molecule has 0 aliphatic carbocycles. The summed E-state index contributed by atoms with van der Waals surface area (Å²) in [5, 5.41) is 18.3. The van der Waals surface area contributed by atoms with Gasteiger partial charge in [-0.1, -0.05) is 0 Å². The molecule has 0 amide bonds. The first-order valence-corrected chi connectivity index (χ1v) is 6.65. The highest BCUT2D eigenvalue weighted by atomic mass is 16.6. The molecule has 0 atom stereocenters. The number of nitro benzene ring substituents is 1. The molecule has 0 saturated heterocycles. The lowest BCUT2D eigenvalue weighted by Gasteiger charge is -2.09. The van der Waals surface area contributed by atoms with Crippen molar-refractivity contribution in [1.29, 1.82) is 0 Å². The van der Waals surface area contributed by atoms with Gasteiger partial charge in [-0.25, -0.2) is 0 Å². The van der Waals surface area contributed by atoms with E-state index >= 15 is 0 Å². The minimum atomic E-state index is -0.428. The monoisotopic (exact) mass is 290 g/mol. The highest BCUT2D eigenvalue weighted by molar-refractivity contribution is 5.56. The molecule has 0 bridgehead atoms. The van der Waals surface area contributed by atoms with E-state index in [-0.39, 0.29) is 5.69 Å². The summed E-state index contributed by atoms with van der Waals surface area (Å²) in [6.45, 7) is 4.82. The smallest absolute Gasteiger partial charge is 0.275 e. The second-order valence-corrected chi connectivity index (χ2v) is 4.64. The molecule has 7 heteroatoms. The lowest BCUT2D eigenvalue weighted by molar-refractivity contribution is -0.384. The number of aromatic nitrogens is 2. The maximum absolute atomic E-state index is 11.0. The molecule has 1 heterocycles. The van der Waals surface area contributed by atoms with Crippen molar-refractivity contribution in [2.45, 2.75) is 20.4 Å². The molecule has 0 aliphatic rings. The Morgan fingerprint density at radius 1 is 1.43 bits per heavy atom. The Kier molecular flexibility index (Phi) is 4.42. The van der Waals surface area contributed by atoms with Crippen LogP contribution in [0.5, 0.6) is 5.75 Å². The maximum atomic E-state index is 11.0. The molecule has 1 aromatic carbocycles. The molecule has 0 aliphatic heterocycles. The van der Waals surface area contributed by atoms with E-state index in [2.05, 4.69) is 10.4 Å². The third kappa shape index (κ3) is 3.50. The van der Waals surface area contributed by atoms with Gasteiger partial charge in [0, 0.05) is 42.7 Å². The summed E-state index contributed by atoms with van der Waals surface area (Å²) in [5.74, 6) is 0.483. The fraction of sp³-hybridized carbons (Fsp3) is 0.357. The van der Waals surface area contributed by atoms with E-state index in [1.807, 2.05) is 20.9 Å². The predicted octanol–water partition coefficient (Wildman–Crippen LogP) is 2.65. The number of nitrogens with one attached hydrogen (secondary N) is 1. The van der Waals surface area contributed by atoms with Crippen LogP contribution in [-0.2, 0) is 13.6 Å². The number of rotatable bonds is 6. The van der Waals surface area contributed by atoms with Crippen molar-refractivity contribution in [2.75, 3.05) is 11.9 Å². The first-order valence-electron chi connectivity index (χ1n) is 6.65. The average Bonchev–Trinajstić information content (AvgIpc) is 2.77. The predicted molar refractivity (Wildman–Crippen MR) is 79.5 cm³/mol. The minimum absolute atomic E-state index is 0.00589. The van der Waals surface area contributed by atoms with Gasteiger partial charge in [0.1, 0.15) is 5.75 Å². The van der Waals surface area contributed by atoms with Gasteiger partial charge in [-0.05, 0) is 13.8 Å². The van der Waals surface area contributed by atoms with Crippen LogP contribution in [0, 0.1) is 17.0 Å². The van der Waals surface area contributed by atoms with E-state index in [0.29, 0.717) is 24.6 Å². The SMILES string of the molecule is CCOc1cc(NCc2cnn(C)c2C)cc([N+](=O)[O-])c1. The molecular formula is C14H18N4O3. The molecule has 0 saturated carbocycles. The number of ether oxygens (including phenoxy) is 1. The van der Waals surface area contributed by atoms with Gasteiger partial charge in [0.2, 0.25) is 0 Å². The van der Waals surface area contributed by atoms with Gasteiger partial charge in [-0.15, -0.1) is 0 Å². The fourth-order valence-electron chi connectivity index (χ4n) is 1.96. The summed E-state index contributed by atoms with van der Waals surface area (Å²) >= 11 is 0. The van der Waals surface area contributed by atoms with Crippen molar-refractivity contribution < 1.29 is 9.66 Å². The van der Waals surface area contributed by atoms with Gasteiger partial charge in [-0.3, -0.25) is 14.8 Å². The largest absolute Gasteiger partial charge is 0.494 e. The van der Waals surface area contributed by atoms with Gasteiger partial charge in [0.15, 0.2) is 0 Å². The second kappa shape index (κ2) is 6.25. The summed E-state index contributed by atoms with van der Waals surface area (Å²) in [4.78, 5) is 10.5. The third-order valence-electron chi connectivity index (χ3n) is 3.23. The van der Waals surface area contributed by atoms with E-state index in [0.717, 1.165) is 11.3 Å². The van der Waals surface area contributed by atoms with Crippen LogP contribution in [0.3, 0.4) is 0 Å². The van der Waals surface area contributed by atoms with Crippen LogP contribution in [0.25, 0.3) is 0 Å². The summed E-state index contributed by atoms with van der Waals surface area (Å²) in [6.07, 6.45) is 1.78. The zero-order valence-corrected chi connectivity index (χ0v) is 12.3. The first-order chi connectivity index (χ1) is 10.0. The van der Waals surface area contributed by atoms with Crippen molar-refractivity contribution in [3.8, 4) is 5.75 Å². The van der Waals surface area contributed by atoms with Crippen LogP contribution >= 0.6 is 0 Å². The van der Waals surface area contributed by atoms with Crippen LogP contribution in [0.1, 0.15) is 18.2 Å². The zero-order chi connectivity index (χ0) is 15.4. The molecule has 2 aromatic rings. The number of nitro groups is 1. The normalized spacial score (nSPS) is 10.4. The van der Waals surface area contributed by atoms with Gasteiger partial charge in [0.05, 0.1) is 23.8 Å². The van der Waals surface area contributed by atoms with E-state index in [9.17, 15) is 10.1 Å². The minimum Gasteiger partial charge on any atom is -0.494 e. The summed E-state index contributed by atoms with van der Waals surface area (Å²) in [5.41, 5.74) is 2.75. The Morgan fingerprint density at radius 3 is 2.76 bits per heavy atom. The zero-order valence-electron chi connectivity index (χ0n) is 12.3. The molecule has 7 nitrogen and oxygen atoms in total. The molecule has 0 radical (unpaired) electrons. The van der Waals surface area contributed by atoms with Crippen LogP contribution in [0.2, 0.25) is 0 Å². The lowest BCUT2D eigenvalue weighted by Crippen LogP contribution is -2.03. The first kappa shape index (κ1) is 14.8. The Morgan fingerprint density at radius 2 is 2.19 bits per heavy atom. The number of aryl methyl sites for hydroxylation is 1. The van der Waals surface area contributed by atoms with Gasteiger partial charge in [0.25, 0.3) is 5.69 Å². The Balaban J connectivity index is 2.18. The van der Waals surface area contributed by atoms with Gasteiger partial charge >= 0.3 is 0 Å². The third-order valence-corrected chi connectivity index (χ3v) is 3.23. The topological polar surface area (TPSA) is 82.2 Å². The molecule has 1 N–H and O–H groups in total. The van der Waals surface area contributed by atoms with Crippen molar-refractivity contribution in [1.82, 2.24) is 9.78 Å². The Bertz CT molecular complexity index is 652. The molecule has 0 unspecified atom stereocenters. The van der Waals surface area contributed by atoms with E-state index in [1.165, 1.54) is 12.1 Å². The molecule has 1 aromatic heterocycles. The number of hydrogen-bond acceptors (Lipinski definition) is 5. The van der Waals surface area contributed by atoms with E-state index in [4.69, 9.17) is 4.74 Å². The van der Waals surface area contributed by atoms with Crippen LogP contribution in [-0.4, -0.2) is 21.3 Å². The van der Waals surface area contributed by atoms with E-state index < -0.39 is 4.92 Å². The quantitative estimate of drug-likeness (QED) is 0.653. The summed E-state index contributed by atoms with van der Waals surface area (Å²) in [6, 6.07) is 4.67. The number of benzene rings is 1. The molecule has 2 rings (SSSR count). The summed E-state index contributed by atoms with van der Waals surface area (Å²) < 4.78 is 7.14. The highest BCUT2D eigenvalue weighted by Gasteiger charge is 2.11. The standard InChI is InChI=1S/C14H18N4O3/c1-4-21-14-6-12(5-13(7-14)18(19)20)15-8-11-9-16-17(3)10(11)2/h5-7,9,15H,4,8H2,1-3H3. The van der Waals surface area contributed by atoms with Crippen molar-refractivity contribution in [2.24, 2.45) is 7.05 Å². The Hall–Kier alpha value is -2.57. The number of hydrogen-bond donors (Lipinski definition) is 1. The molecule has 21 heavy (non-hydrogen) atoms. The highest BCUT2D eigenvalue weighted by Crippen LogP contribution is 2.26. The maximum Gasteiger partial charge on any atom is 0.275 e. The van der Waals surface area contributed by atoms with Crippen molar-refractivity contribution >= 4 is 11.4 Å².